The van der Waals surface area contributed by atoms with Gasteiger partial charge < -0.3 is 4.90 Å². The summed E-state index contributed by atoms with van der Waals surface area (Å²) in [6, 6.07) is 79.7. The molecule has 0 radical (unpaired) electrons. The maximum absolute atomic E-state index is 5.11. The molecule has 0 aliphatic carbocycles. The molecule has 0 amide bonds. The lowest BCUT2D eigenvalue weighted by atomic mass is 10.0. The molecule has 0 fully saturated rings. The summed E-state index contributed by atoms with van der Waals surface area (Å²) in [7, 11) is 0. The van der Waals surface area contributed by atoms with Crippen molar-refractivity contribution in [1.29, 1.82) is 0 Å². The minimum Gasteiger partial charge on any atom is -0.311 e. The van der Waals surface area contributed by atoms with Gasteiger partial charge in [-0.2, -0.15) is 0 Å². The highest BCUT2D eigenvalue weighted by Gasteiger charge is 2.20. The van der Waals surface area contributed by atoms with E-state index in [9.17, 15) is 0 Å². The zero-order valence-electron chi connectivity index (χ0n) is 34.0. The Hall–Kier alpha value is -8.68. The van der Waals surface area contributed by atoms with Gasteiger partial charge in [0.05, 0.1) is 44.1 Å². The van der Waals surface area contributed by atoms with E-state index in [1.807, 2.05) is 12.1 Å². The van der Waals surface area contributed by atoms with Crippen LogP contribution < -0.4 is 4.90 Å². The molecular formula is C56H37N7. The molecule has 4 heterocycles. The summed E-state index contributed by atoms with van der Waals surface area (Å²) in [6.45, 7) is 0. The highest BCUT2D eigenvalue weighted by atomic mass is 15.2. The molecule has 13 rings (SSSR count). The average Bonchev–Trinajstić information content (AvgIpc) is 4.09. The van der Waals surface area contributed by atoms with Crippen LogP contribution in [0.1, 0.15) is 0 Å². The van der Waals surface area contributed by atoms with Gasteiger partial charge in [0.25, 0.3) is 0 Å². The van der Waals surface area contributed by atoms with Gasteiger partial charge in [-0.1, -0.05) is 115 Å². The summed E-state index contributed by atoms with van der Waals surface area (Å²) >= 11 is 0. The molecule has 9 aromatic carbocycles. The van der Waals surface area contributed by atoms with E-state index in [4.69, 9.17) is 9.97 Å². The van der Waals surface area contributed by atoms with Gasteiger partial charge in [0.1, 0.15) is 0 Å². The molecule has 0 bridgehead atoms. The van der Waals surface area contributed by atoms with E-state index in [-0.39, 0.29) is 0 Å². The Balaban J connectivity index is 0.875. The van der Waals surface area contributed by atoms with E-state index in [1.54, 1.807) is 0 Å². The fourth-order valence-electron chi connectivity index (χ4n) is 9.45. The van der Waals surface area contributed by atoms with Crippen molar-refractivity contribution in [2.24, 2.45) is 0 Å². The first-order valence-electron chi connectivity index (χ1n) is 21.3. The first-order chi connectivity index (χ1) is 31.2. The molecular weight excluding hydrogens is 771 g/mol. The van der Waals surface area contributed by atoms with Crippen LogP contribution in [0, 0.1) is 0 Å². The number of hydrogen-bond donors (Lipinski definition) is 0. The second-order valence-corrected chi connectivity index (χ2v) is 16.0. The lowest BCUT2D eigenvalue weighted by Gasteiger charge is -2.26. The monoisotopic (exact) mass is 807 g/mol. The van der Waals surface area contributed by atoms with Crippen LogP contribution in [0.5, 0.6) is 0 Å². The van der Waals surface area contributed by atoms with E-state index in [2.05, 4.69) is 235 Å². The van der Waals surface area contributed by atoms with Gasteiger partial charge in [0, 0.05) is 28.4 Å². The molecule has 0 atom stereocenters. The first-order valence-corrected chi connectivity index (χ1v) is 21.3. The van der Waals surface area contributed by atoms with Crippen LogP contribution in [0.25, 0.3) is 89.3 Å². The molecule has 296 valence electrons. The summed E-state index contributed by atoms with van der Waals surface area (Å²) in [4.78, 5) is 12.5. The second-order valence-electron chi connectivity index (χ2n) is 16.0. The number of benzene rings is 9. The van der Waals surface area contributed by atoms with Crippen LogP contribution in [0.2, 0.25) is 0 Å². The SMILES string of the molecule is c1ccc(-c2ccc(N(c3ccc(-c4ccc(-n5c6ccccc6n6c7ccccc7nc56)cc4)cc3)c3ccc(-n4c5ccccc5n5c6ccccc6nc45)cc3)cc2)cc1. The van der Waals surface area contributed by atoms with Crippen LogP contribution in [0.3, 0.4) is 0 Å². The van der Waals surface area contributed by atoms with E-state index >= 15 is 0 Å². The largest absolute Gasteiger partial charge is 0.311 e. The average molecular weight is 808 g/mol. The van der Waals surface area contributed by atoms with Crippen molar-refractivity contribution in [3.8, 4) is 33.6 Å². The van der Waals surface area contributed by atoms with Crippen molar-refractivity contribution in [3.05, 3.63) is 224 Å². The molecule has 63 heavy (non-hydrogen) atoms. The zero-order chi connectivity index (χ0) is 41.4. The Kier molecular flexibility index (Phi) is 7.77. The van der Waals surface area contributed by atoms with Crippen molar-refractivity contribution < 1.29 is 0 Å². The normalized spacial score (nSPS) is 11.8. The lowest BCUT2D eigenvalue weighted by Crippen LogP contribution is -2.10. The van der Waals surface area contributed by atoms with Gasteiger partial charge in [-0.25, -0.2) is 9.97 Å². The van der Waals surface area contributed by atoms with Crippen molar-refractivity contribution in [1.82, 2.24) is 27.9 Å². The second kappa shape index (κ2) is 13.9. The Morgan fingerprint density at radius 3 is 1.03 bits per heavy atom. The third-order valence-electron chi connectivity index (χ3n) is 12.4. The molecule has 0 aliphatic rings. The Bertz CT molecular complexity index is 3820. The Labute approximate surface area is 362 Å². The number of para-hydroxylation sites is 8. The van der Waals surface area contributed by atoms with Crippen LogP contribution in [-0.4, -0.2) is 27.9 Å². The molecule has 0 saturated carbocycles. The number of imidazole rings is 4. The zero-order valence-corrected chi connectivity index (χ0v) is 34.0. The minimum absolute atomic E-state index is 0.896. The fraction of sp³-hybridized carbons (Fsp3) is 0. The number of rotatable bonds is 7. The van der Waals surface area contributed by atoms with Crippen LogP contribution in [0.15, 0.2) is 224 Å². The smallest absolute Gasteiger partial charge is 0.220 e. The van der Waals surface area contributed by atoms with Crippen molar-refractivity contribution >= 4 is 72.8 Å². The summed E-state index contributed by atoms with van der Waals surface area (Å²) in [5.74, 6) is 1.80. The van der Waals surface area contributed by atoms with Gasteiger partial charge in [-0.15, -0.1) is 0 Å². The van der Waals surface area contributed by atoms with Gasteiger partial charge in [-0.05, 0) is 131 Å². The summed E-state index contributed by atoms with van der Waals surface area (Å²) in [5, 5.41) is 0. The molecule has 0 aliphatic heterocycles. The highest BCUT2D eigenvalue weighted by Crippen LogP contribution is 2.39. The quantitative estimate of drug-likeness (QED) is 0.161. The Morgan fingerprint density at radius 1 is 0.270 bits per heavy atom. The highest BCUT2D eigenvalue weighted by molar-refractivity contribution is 5.94. The summed E-state index contributed by atoms with van der Waals surface area (Å²) < 4.78 is 9.04. The topological polar surface area (TPSA) is 47.7 Å². The fourth-order valence-corrected chi connectivity index (χ4v) is 9.45. The van der Waals surface area contributed by atoms with E-state index in [1.165, 1.54) is 11.1 Å². The van der Waals surface area contributed by atoms with Crippen LogP contribution >= 0.6 is 0 Å². The predicted molar refractivity (Wildman–Crippen MR) is 258 cm³/mol. The van der Waals surface area contributed by atoms with Crippen LogP contribution in [-0.2, 0) is 0 Å². The number of nitrogens with zero attached hydrogens (tertiary/aromatic N) is 7. The Morgan fingerprint density at radius 2 is 0.587 bits per heavy atom. The van der Waals surface area contributed by atoms with E-state index in [0.717, 1.165) is 95.3 Å². The molecule has 0 unspecified atom stereocenters. The maximum atomic E-state index is 5.11. The predicted octanol–water partition coefficient (Wildman–Crippen LogP) is 14.0. The summed E-state index contributed by atoms with van der Waals surface area (Å²) in [6.07, 6.45) is 0. The van der Waals surface area contributed by atoms with E-state index in [0.29, 0.717) is 0 Å². The number of fused-ring (bicyclic) bond motifs is 10. The molecule has 7 heteroatoms. The van der Waals surface area contributed by atoms with Crippen molar-refractivity contribution in [3.63, 3.8) is 0 Å². The molecule has 0 N–H and O–H groups in total. The molecule has 4 aromatic heterocycles. The minimum atomic E-state index is 0.896. The summed E-state index contributed by atoms with van der Waals surface area (Å²) in [5.41, 5.74) is 18.6. The lowest BCUT2D eigenvalue weighted by molar-refractivity contribution is 1.11. The van der Waals surface area contributed by atoms with Gasteiger partial charge in [0.15, 0.2) is 0 Å². The third-order valence-corrected chi connectivity index (χ3v) is 12.4. The number of hydrogen-bond acceptors (Lipinski definition) is 3. The van der Waals surface area contributed by atoms with Gasteiger partial charge in [-0.3, -0.25) is 17.9 Å². The van der Waals surface area contributed by atoms with Crippen molar-refractivity contribution in [2.75, 3.05) is 4.90 Å². The van der Waals surface area contributed by atoms with Gasteiger partial charge in [0.2, 0.25) is 11.6 Å². The van der Waals surface area contributed by atoms with Crippen LogP contribution in [0.4, 0.5) is 17.1 Å². The molecule has 0 saturated heterocycles. The molecule has 13 aromatic rings. The molecule has 0 spiro atoms. The standard InChI is InChI=1S/C56H37N7/c1-2-12-38(13-3-1)39-22-28-42(29-23-39)59(44-34-36-46(37-35-44)61-52-19-9-11-21-54(52)63-50-17-7-5-15-48(50)58-56(61)63)43-30-24-40(25-31-43)41-26-32-45(33-27-41)60-51-18-8-10-20-53(51)62-49-16-6-4-14-47(49)57-55(60)62/h1-37H. The maximum Gasteiger partial charge on any atom is 0.220 e. The van der Waals surface area contributed by atoms with Crippen molar-refractivity contribution in [2.45, 2.75) is 0 Å². The number of aromatic nitrogens is 6. The molecule has 7 nitrogen and oxygen atoms in total. The first kappa shape index (κ1) is 35.1. The van der Waals surface area contributed by atoms with E-state index < -0.39 is 0 Å². The number of anilines is 3. The third kappa shape index (κ3) is 5.53. The van der Waals surface area contributed by atoms with Gasteiger partial charge >= 0.3 is 0 Å².